The number of nitrogens with zero attached hydrogens (tertiary/aromatic N) is 5. The number of anilines is 2. The first-order valence-electron chi connectivity index (χ1n) is 38.1. The second-order valence-corrected chi connectivity index (χ2v) is 29.5. The van der Waals surface area contributed by atoms with Gasteiger partial charge in [-0.2, -0.15) is 0 Å². The van der Waals surface area contributed by atoms with E-state index in [-0.39, 0.29) is 75.7 Å². The number of benzene rings is 4. The number of nitrogens with two attached hydrogens (primary N) is 1. The van der Waals surface area contributed by atoms with E-state index >= 15 is 19.2 Å². The van der Waals surface area contributed by atoms with Crippen LogP contribution in [0.1, 0.15) is 130 Å². The van der Waals surface area contributed by atoms with Gasteiger partial charge in [0.15, 0.2) is 5.78 Å². The molecule has 610 valence electrons. The second kappa shape index (κ2) is 45.7. The monoisotopic (exact) mass is 1580 g/mol. The number of amides is 10. The Labute approximate surface area is 664 Å². The van der Waals surface area contributed by atoms with Gasteiger partial charge in [0.05, 0.1) is 30.6 Å². The summed E-state index contributed by atoms with van der Waals surface area (Å²) in [6, 6.07) is 19.6. The summed E-state index contributed by atoms with van der Waals surface area (Å²) in [6.07, 6.45) is 7.89. The van der Waals surface area contributed by atoms with E-state index in [2.05, 4.69) is 57.8 Å². The molecule has 1 unspecified atom stereocenters. The minimum Gasteiger partial charge on any atom is -0.508 e. The number of aromatic nitrogens is 2. The lowest BCUT2D eigenvalue weighted by Crippen LogP contribution is -2.61. The first-order valence-corrected chi connectivity index (χ1v) is 38.5. The Morgan fingerprint density at radius 1 is 0.628 bits per heavy atom. The van der Waals surface area contributed by atoms with Crippen LogP contribution in [0.3, 0.4) is 0 Å². The average molecular weight is 1580 g/mol. The lowest BCUT2D eigenvalue weighted by molar-refractivity contribution is -0.143. The third-order valence-electron chi connectivity index (χ3n) is 19.1. The van der Waals surface area contributed by atoms with Gasteiger partial charge in [0.2, 0.25) is 59.1 Å². The Balaban J connectivity index is 0.00000485. The van der Waals surface area contributed by atoms with Crippen LogP contribution in [0.25, 0.3) is 10.8 Å². The molecule has 1 saturated heterocycles. The Kier molecular flexibility index (Phi) is 36.8. The van der Waals surface area contributed by atoms with Crippen molar-refractivity contribution in [1.29, 1.82) is 0 Å². The number of rotatable bonds is 41. The topological polar surface area (TPSA) is 435 Å². The van der Waals surface area contributed by atoms with Crippen LogP contribution in [0.5, 0.6) is 5.75 Å². The fourth-order valence-electron chi connectivity index (χ4n) is 13.0. The number of carbonyl (C=O) groups excluding carboxylic acids is 11. The fourth-order valence-corrected chi connectivity index (χ4v) is 13.1. The number of nitrogens with one attached hydrogen (secondary N) is 9. The van der Waals surface area contributed by atoms with Crippen LogP contribution < -0.4 is 58.5 Å². The van der Waals surface area contributed by atoms with Gasteiger partial charge in [0.25, 0.3) is 5.97 Å². The average Bonchev–Trinajstić information content (AvgIpc) is 1.20. The molecule has 1 aliphatic heterocycles. The van der Waals surface area contributed by atoms with E-state index in [1.807, 2.05) is 70.2 Å². The van der Waals surface area contributed by atoms with E-state index < -0.39 is 144 Å². The summed E-state index contributed by atoms with van der Waals surface area (Å²) >= 11 is 6.03. The first kappa shape index (κ1) is 91.1. The predicted molar refractivity (Wildman–Crippen MR) is 429 cm³/mol. The molecule has 3 heterocycles. The molecule has 1 aliphatic rings. The summed E-state index contributed by atoms with van der Waals surface area (Å²) < 4.78 is 0. The minimum atomic E-state index is -1.66. The highest BCUT2D eigenvalue weighted by Crippen LogP contribution is 2.29. The van der Waals surface area contributed by atoms with Gasteiger partial charge in [0, 0.05) is 88.2 Å². The molecule has 0 radical (unpaired) electrons. The highest BCUT2D eigenvalue weighted by atomic mass is 35.5. The third-order valence-corrected chi connectivity index (χ3v) is 19.3. The molecule has 0 saturated carbocycles. The van der Waals surface area contributed by atoms with E-state index in [4.69, 9.17) is 27.2 Å². The van der Waals surface area contributed by atoms with Crippen LogP contribution in [0, 0.1) is 11.8 Å². The maximum absolute atomic E-state index is 16.1. The van der Waals surface area contributed by atoms with Crippen LogP contribution in [0.15, 0.2) is 140 Å². The zero-order chi connectivity index (χ0) is 83.0. The number of phenolic OH excluding ortho intramolecular Hbond substituents is 1. The number of hydrogen-bond acceptors (Lipinski definition) is 19. The molecule has 6 aromatic rings. The summed E-state index contributed by atoms with van der Waals surface area (Å²) in [7, 11) is 1.29. The smallest absolute Gasteiger partial charge is 0.300 e. The van der Waals surface area contributed by atoms with Gasteiger partial charge >= 0.3 is 0 Å². The summed E-state index contributed by atoms with van der Waals surface area (Å²) in [6.45, 7) is 14.6. The molecule has 4 aromatic carbocycles. The minimum absolute atomic E-state index is 0.00731. The van der Waals surface area contributed by atoms with Crippen molar-refractivity contribution in [3.63, 3.8) is 0 Å². The number of carboxylic acid groups (broad SMARTS) is 1. The van der Waals surface area contributed by atoms with Crippen molar-refractivity contribution in [2.45, 2.75) is 200 Å². The quantitative estimate of drug-likeness (QED) is 0.0225. The van der Waals surface area contributed by atoms with E-state index in [1.54, 1.807) is 86.2 Å². The van der Waals surface area contributed by atoms with Gasteiger partial charge in [-0.1, -0.05) is 100.0 Å². The number of phenols is 1. The SMILES string of the molecule is CC(=O)N[C@@H](CCC(CNC(C)C)C(=O)[C@H](C)N(C(=O)[C@H](CC(C)C)NC(=O)[C@H](CCCCNCc1cccnc1)NC(=O)[C@H](Cc1ccc(O)cc1)N(C)C(=O)[C@H](CO)NC(=O)[C@H](C)NC(=O)[C@@H](N)Cc1ccc(Cl)cc1)c1ccc2ccccc2c1)C(=O)N1CCC[C@H]1C(=O)N[C@@H](C)C(=O)Nc1cccnc1.CC(=O)O. The number of likely N-dealkylation sites (N-methyl/N-ethyl adjacent to an activating group) is 1. The number of likely N-dealkylation sites (tertiary alicyclic amines) is 1. The largest absolute Gasteiger partial charge is 0.508 e. The number of aliphatic hydroxyl groups excluding tert-OH is 1. The maximum Gasteiger partial charge on any atom is 0.300 e. The van der Waals surface area contributed by atoms with Gasteiger partial charge in [-0.25, -0.2) is 0 Å². The normalized spacial score (nSPS) is 15.2. The number of aromatic hydroxyl groups is 1. The molecule has 14 N–H and O–H groups in total. The van der Waals surface area contributed by atoms with Crippen molar-refractivity contribution in [3.05, 3.63) is 162 Å². The number of ketones is 1. The van der Waals surface area contributed by atoms with Crippen molar-refractivity contribution in [2.75, 3.05) is 43.5 Å². The summed E-state index contributed by atoms with van der Waals surface area (Å²) in [4.78, 5) is 180. The zero-order valence-electron chi connectivity index (χ0n) is 65.8. The fraction of sp³-hybridized carbons (Fsp3) is 0.463. The number of unbranched alkanes of at least 4 members (excludes halogenated alkanes) is 1. The van der Waals surface area contributed by atoms with Crippen molar-refractivity contribution in [1.82, 2.24) is 62.3 Å². The molecule has 11 atom stereocenters. The van der Waals surface area contributed by atoms with Crippen LogP contribution in [0.4, 0.5) is 11.4 Å². The first-order chi connectivity index (χ1) is 53.7. The van der Waals surface area contributed by atoms with E-state index in [9.17, 15) is 43.8 Å². The van der Waals surface area contributed by atoms with E-state index in [0.717, 1.165) is 28.2 Å². The van der Waals surface area contributed by atoms with Crippen molar-refractivity contribution < 1.29 is 72.9 Å². The maximum atomic E-state index is 16.1. The Morgan fingerprint density at radius 2 is 1.26 bits per heavy atom. The number of halogens is 1. The van der Waals surface area contributed by atoms with Crippen LogP contribution in [-0.2, 0) is 76.9 Å². The zero-order valence-corrected chi connectivity index (χ0v) is 66.6. The molecule has 0 bridgehead atoms. The summed E-state index contributed by atoms with van der Waals surface area (Å²) in [5.74, 6) is -9.44. The van der Waals surface area contributed by atoms with E-state index in [0.29, 0.717) is 59.9 Å². The number of carboxylic acids is 1. The number of aliphatic hydroxyl groups is 1. The number of hydrogen-bond donors (Lipinski definition) is 13. The van der Waals surface area contributed by atoms with Crippen molar-refractivity contribution in [3.8, 4) is 5.75 Å². The van der Waals surface area contributed by atoms with Gasteiger partial charge in [-0.05, 0) is 173 Å². The lowest BCUT2D eigenvalue weighted by atomic mass is 9.90. The lowest BCUT2D eigenvalue weighted by Gasteiger charge is -2.35. The van der Waals surface area contributed by atoms with Gasteiger partial charge < -0.3 is 83.6 Å². The molecular weight excluding hydrogens is 1470 g/mol. The van der Waals surface area contributed by atoms with Crippen LogP contribution in [0.2, 0.25) is 5.02 Å². The predicted octanol–water partition coefficient (Wildman–Crippen LogP) is 5.00. The Bertz CT molecular complexity index is 4160. The molecular formula is C82H110ClN15O15. The molecule has 1 fully saturated rings. The second-order valence-electron chi connectivity index (χ2n) is 29.1. The number of Topliss-reactive ketones (excluding diaryl/α,β-unsaturated/α-hetero) is 1. The highest BCUT2D eigenvalue weighted by molar-refractivity contribution is 6.30. The van der Waals surface area contributed by atoms with Crippen molar-refractivity contribution >= 4 is 105 Å². The molecule has 7 rings (SSSR count). The highest BCUT2D eigenvalue weighted by Gasteiger charge is 2.42. The third kappa shape index (κ3) is 29.4. The van der Waals surface area contributed by atoms with Gasteiger partial charge in [-0.3, -0.25) is 67.5 Å². The van der Waals surface area contributed by atoms with Gasteiger partial charge in [0.1, 0.15) is 54.1 Å². The standard InChI is InChI=1S/C80H106ClN15O13.C2H4O2/c1-48(2)39-67(80(109)96(62-31-27-57-18-10-11-19-58(57)42-62)52(7)71(100)59(45-86-49(3)4)28-34-66(89-53(8)98)79(108)95-38-16-22-69(95)76(105)88-50(5)72(101)90-61-20-15-37-85-46-61)92-75(104)65(21-12-13-35-83-43-56-17-14-36-84-44-56)91-77(106)70(41-55-25-32-63(99)33-26-55)94(9)78(107)68(47-97)93-73(102)51(6)87-74(103)64(82)40-54-23-29-60(81)30-24-54;1-2(3)4/h10-11,14-15,17-20,23-27,29-33,36-37,42,44,46,48-52,59,64-70,83,86,97,99H,12-13,16,21-22,28,34-35,38-41,43,45,47,82H2,1-9H3,(H,87,103)(H,88,105)(H,89,98)(H,90,101)(H,91,106)(H,92,104)(H,93,102);1H3,(H,3,4)/t50-,51-,52-,59?,64-,65-,66-,67-,68-,69-,70-;/m0./s1. The molecule has 2 aromatic heterocycles. The molecule has 10 amide bonds. The number of carbonyl (C=O) groups is 12. The van der Waals surface area contributed by atoms with Crippen LogP contribution in [-0.4, -0.2) is 206 Å². The summed E-state index contributed by atoms with van der Waals surface area (Å²) in [5, 5.41) is 56.4. The molecule has 113 heavy (non-hydrogen) atoms. The molecule has 31 heteroatoms. The van der Waals surface area contributed by atoms with E-state index in [1.165, 1.54) is 55.9 Å². The Morgan fingerprint density at radius 3 is 1.88 bits per heavy atom. The van der Waals surface area contributed by atoms with Crippen molar-refractivity contribution in [2.24, 2.45) is 17.6 Å². The molecule has 30 nitrogen and oxygen atoms in total. The van der Waals surface area contributed by atoms with Crippen LogP contribution >= 0.6 is 11.6 Å². The number of pyridine rings is 2. The molecule has 0 spiro atoms. The number of aliphatic carboxylic acids is 1. The Hall–Kier alpha value is -10.8. The summed E-state index contributed by atoms with van der Waals surface area (Å²) in [5.41, 5.74) is 9.07. The number of fused-ring (bicyclic) bond motifs is 1. The molecule has 0 aliphatic carbocycles. The van der Waals surface area contributed by atoms with Gasteiger partial charge in [-0.15, -0.1) is 0 Å².